The van der Waals surface area contributed by atoms with Gasteiger partial charge in [-0.2, -0.15) is 10.2 Å². The van der Waals surface area contributed by atoms with Crippen LogP contribution in [-0.4, -0.2) is 105 Å². The lowest BCUT2D eigenvalue weighted by Crippen LogP contribution is -2.54. The molecule has 1 saturated carbocycles. The van der Waals surface area contributed by atoms with Gasteiger partial charge in [0.1, 0.15) is 12.4 Å². The summed E-state index contributed by atoms with van der Waals surface area (Å²) in [5.41, 5.74) is 7.96. The summed E-state index contributed by atoms with van der Waals surface area (Å²) >= 11 is 0. The van der Waals surface area contributed by atoms with Crippen LogP contribution in [0, 0.1) is 0 Å². The molecule has 2 aromatic carbocycles. The second-order valence-electron chi connectivity index (χ2n) is 14.7. The van der Waals surface area contributed by atoms with E-state index in [1.807, 2.05) is 12.1 Å². The van der Waals surface area contributed by atoms with E-state index in [1.54, 1.807) is 41.3 Å². The number of ether oxygens (including phenoxy) is 1. The van der Waals surface area contributed by atoms with Gasteiger partial charge in [-0.25, -0.2) is 4.98 Å². The predicted octanol–water partition coefficient (Wildman–Crippen LogP) is 2.03. The number of hydrogen-bond donors (Lipinski definition) is 6. The number of rotatable bonds is 19. The SMILES string of the molecule is CNC(=O)c1nnc(C2(C(N)=O)CC2)cc1Nc1cccc(-c2ncn(CCNCCCCCCNc3ccc4c(c3)C(=O)N(C3CCC(=O)NC3=O)C4=O)n2)c1OC. The zero-order valence-electron chi connectivity index (χ0n) is 32.8. The molecule has 7 N–H and O–H groups in total. The zero-order chi connectivity index (χ0) is 41.7. The number of methoxy groups -OCH3 is 1. The normalized spacial score (nSPS) is 16.7. The minimum Gasteiger partial charge on any atom is -0.494 e. The molecule has 1 unspecified atom stereocenters. The Bertz CT molecular complexity index is 2310. The van der Waals surface area contributed by atoms with Crippen LogP contribution in [0.5, 0.6) is 5.75 Å². The van der Waals surface area contributed by atoms with Gasteiger partial charge in [0, 0.05) is 32.2 Å². The third-order valence-corrected chi connectivity index (χ3v) is 10.8. The lowest BCUT2D eigenvalue weighted by molar-refractivity contribution is -0.136. The molecule has 308 valence electrons. The highest BCUT2D eigenvalue weighted by Gasteiger charge is 2.52. The molecule has 0 bridgehead atoms. The van der Waals surface area contributed by atoms with Crippen molar-refractivity contribution in [3.8, 4) is 17.1 Å². The number of primary amides is 1. The molecule has 2 aromatic heterocycles. The first-order valence-electron chi connectivity index (χ1n) is 19.6. The number of nitrogens with two attached hydrogens (primary N) is 1. The fourth-order valence-corrected chi connectivity index (χ4v) is 7.32. The summed E-state index contributed by atoms with van der Waals surface area (Å²) in [6.07, 6.45) is 6.92. The van der Waals surface area contributed by atoms with Crippen LogP contribution >= 0.6 is 0 Å². The van der Waals surface area contributed by atoms with Gasteiger partial charge in [0.15, 0.2) is 17.3 Å². The molecule has 4 aromatic rings. The fraction of sp³-hybridized carbons (Fsp3) is 0.400. The molecule has 2 aliphatic heterocycles. The number of nitrogens with one attached hydrogen (secondary N) is 5. The van der Waals surface area contributed by atoms with Crippen molar-refractivity contribution in [3.63, 3.8) is 0 Å². The van der Waals surface area contributed by atoms with Crippen molar-refractivity contribution in [2.75, 3.05) is 44.4 Å². The summed E-state index contributed by atoms with van der Waals surface area (Å²) in [5.74, 6) is -2.11. The van der Waals surface area contributed by atoms with E-state index in [1.165, 1.54) is 14.2 Å². The van der Waals surface area contributed by atoms with E-state index < -0.39 is 46.9 Å². The summed E-state index contributed by atoms with van der Waals surface area (Å²) < 4.78 is 7.55. The minimum absolute atomic E-state index is 0.0469. The Morgan fingerprint density at radius 2 is 1.71 bits per heavy atom. The minimum atomic E-state index is -0.988. The second-order valence-corrected chi connectivity index (χ2v) is 14.7. The van der Waals surface area contributed by atoms with Gasteiger partial charge in [0.05, 0.1) is 52.8 Å². The highest BCUT2D eigenvalue weighted by Crippen LogP contribution is 2.48. The Hall–Kier alpha value is -6.76. The van der Waals surface area contributed by atoms with Crippen molar-refractivity contribution in [1.29, 1.82) is 0 Å². The van der Waals surface area contributed by atoms with Gasteiger partial charge >= 0.3 is 0 Å². The van der Waals surface area contributed by atoms with Crippen molar-refractivity contribution in [1.82, 2.24) is 45.8 Å². The predicted molar refractivity (Wildman–Crippen MR) is 214 cm³/mol. The standard InChI is InChI=1S/C40H46N12O7/c1-42-36(55)32-28(21-30(48-49-32)40(14-15-40)39(41)58)46-27-9-7-8-25(33(27)59-2)34-45-22-51(50-34)19-18-43-16-5-3-4-6-17-44-23-10-11-24-26(20-23)38(57)52(37(24)56)29-12-13-31(53)47-35(29)54/h7-11,20-22,29,43-44H,3-6,12-19H2,1-2H3,(H2,41,58)(H,42,55)(H,46,48)(H,47,53,54). The average molecular weight is 807 g/mol. The van der Waals surface area contributed by atoms with Crippen LogP contribution in [0.15, 0.2) is 48.8 Å². The third-order valence-electron chi connectivity index (χ3n) is 10.8. The van der Waals surface area contributed by atoms with Gasteiger partial charge in [0.25, 0.3) is 17.7 Å². The highest BCUT2D eigenvalue weighted by molar-refractivity contribution is 6.23. The lowest BCUT2D eigenvalue weighted by atomic mass is 10.0. The van der Waals surface area contributed by atoms with E-state index in [4.69, 9.17) is 10.5 Å². The summed E-state index contributed by atoms with van der Waals surface area (Å²) in [6, 6.07) is 11.1. The number of hydrogen-bond acceptors (Lipinski definition) is 14. The second kappa shape index (κ2) is 17.4. The van der Waals surface area contributed by atoms with E-state index in [0.29, 0.717) is 66.7 Å². The number of imide groups is 2. The number of amides is 6. The van der Waals surface area contributed by atoms with Gasteiger partial charge in [-0.1, -0.05) is 18.9 Å². The third kappa shape index (κ3) is 8.45. The van der Waals surface area contributed by atoms with Crippen molar-refractivity contribution >= 4 is 52.5 Å². The van der Waals surface area contributed by atoms with Crippen molar-refractivity contribution in [2.24, 2.45) is 5.73 Å². The van der Waals surface area contributed by atoms with E-state index in [2.05, 4.69) is 46.9 Å². The zero-order valence-corrected chi connectivity index (χ0v) is 32.8. The molecule has 1 aliphatic carbocycles. The molecule has 59 heavy (non-hydrogen) atoms. The number of para-hydroxylation sites is 1. The molecule has 19 nitrogen and oxygen atoms in total. The Kier molecular flexibility index (Phi) is 11.9. The molecule has 1 atom stereocenters. The van der Waals surface area contributed by atoms with Crippen LogP contribution in [0.4, 0.5) is 17.1 Å². The van der Waals surface area contributed by atoms with Crippen molar-refractivity contribution in [2.45, 2.75) is 69.4 Å². The molecule has 2 fully saturated rings. The summed E-state index contributed by atoms with van der Waals surface area (Å²) in [7, 11) is 3.03. The average Bonchev–Trinajstić information content (AvgIpc) is 3.86. The smallest absolute Gasteiger partial charge is 0.273 e. The van der Waals surface area contributed by atoms with Crippen molar-refractivity contribution < 1.29 is 33.5 Å². The molecular weight excluding hydrogens is 761 g/mol. The quantitative estimate of drug-likeness (QED) is 0.0586. The molecule has 7 rings (SSSR count). The van der Waals surface area contributed by atoms with E-state index in [-0.39, 0.29) is 29.7 Å². The largest absolute Gasteiger partial charge is 0.494 e. The summed E-state index contributed by atoms with van der Waals surface area (Å²) in [5, 5.41) is 27.8. The van der Waals surface area contributed by atoms with Crippen LogP contribution < -0.4 is 37.1 Å². The Morgan fingerprint density at radius 1 is 0.932 bits per heavy atom. The topological polar surface area (TPSA) is 258 Å². The Morgan fingerprint density at radius 3 is 2.44 bits per heavy atom. The van der Waals surface area contributed by atoms with Crippen LogP contribution in [0.2, 0.25) is 0 Å². The van der Waals surface area contributed by atoms with Crippen LogP contribution in [0.25, 0.3) is 11.4 Å². The number of carbonyl (C=O) groups is 6. The van der Waals surface area contributed by atoms with E-state index in [9.17, 15) is 28.8 Å². The maximum Gasteiger partial charge on any atom is 0.273 e. The summed E-state index contributed by atoms with van der Waals surface area (Å²) in [4.78, 5) is 80.2. The van der Waals surface area contributed by atoms with Crippen molar-refractivity contribution in [3.05, 3.63) is 71.3 Å². The number of carbonyl (C=O) groups excluding carboxylic acids is 6. The molecule has 1 saturated heterocycles. The monoisotopic (exact) mass is 806 g/mol. The molecular formula is C40H46N12O7. The van der Waals surface area contributed by atoms with E-state index in [0.717, 1.165) is 42.8 Å². The maximum atomic E-state index is 13.1. The highest BCUT2D eigenvalue weighted by atomic mass is 16.5. The number of benzene rings is 2. The number of anilines is 3. The van der Waals surface area contributed by atoms with Gasteiger partial charge < -0.3 is 31.7 Å². The van der Waals surface area contributed by atoms with Gasteiger partial charge in [-0.15, -0.1) is 5.10 Å². The van der Waals surface area contributed by atoms with Gasteiger partial charge in [-0.05, 0) is 75.0 Å². The molecule has 6 amide bonds. The fourth-order valence-electron chi connectivity index (χ4n) is 7.32. The number of aromatic nitrogens is 5. The first kappa shape index (κ1) is 40.4. The summed E-state index contributed by atoms with van der Waals surface area (Å²) in [6.45, 7) is 2.82. The van der Waals surface area contributed by atoms with Crippen LogP contribution in [0.1, 0.15) is 88.3 Å². The molecule has 0 spiro atoms. The molecule has 3 aliphatic rings. The molecule has 4 heterocycles. The Labute approximate surface area is 339 Å². The van der Waals surface area contributed by atoms with Crippen LogP contribution in [-0.2, 0) is 26.3 Å². The van der Waals surface area contributed by atoms with Gasteiger partial charge in [-0.3, -0.25) is 43.7 Å². The number of unbranched alkanes of at least 4 members (excludes halogenated alkanes) is 3. The molecule has 0 radical (unpaired) electrons. The van der Waals surface area contributed by atoms with Crippen LogP contribution in [0.3, 0.4) is 0 Å². The maximum absolute atomic E-state index is 13.1. The molecule has 19 heteroatoms. The first-order chi connectivity index (χ1) is 28.5. The first-order valence-corrected chi connectivity index (χ1v) is 19.6. The van der Waals surface area contributed by atoms with E-state index >= 15 is 0 Å². The number of piperidine rings is 1. The number of fused-ring (bicyclic) bond motifs is 1. The number of nitrogens with zero attached hydrogens (tertiary/aromatic N) is 6. The lowest BCUT2D eigenvalue weighted by Gasteiger charge is -2.27. The Balaban J connectivity index is 0.844. The van der Waals surface area contributed by atoms with Gasteiger partial charge in [0.2, 0.25) is 17.7 Å².